The van der Waals surface area contributed by atoms with Gasteiger partial charge in [0.15, 0.2) is 0 Å². The minimum atomic E-state index is -3.40. The van der Waals surface area contributed by atoms with E-state index < -0.39 is 10.0 Å². The summed E-state index contributed by atoms with van der Waals surface area (Å²) in [6, 6.07) is 9.02. The molecule has 1 aliphatic rings. The Kier molecular flexibility index (Phi) is 5.34. The SMILES string of the molecule is CCN(C1CCNCC1)S(=O)(=O)Cc1ccccc1C#N. The zero-order chi connectivity index (χ0) is 15.3. The molecular weight excluding hydrogens is 286 g/mol. The summed E-state index contributed by atoms with van der Waals surface area (Å²) < 4.78 is 27.0. The van der Waals surface area contributed by atoms with Gasteiger partial charge in [-0.15, -0.1) is 0 Å². The molecule has 1 aliphatic heterocycles. The molecule has 114 valence electrons. The Balaban J connectivity index is 2.21. The Morgan fingerprint density at radius 3 is 2.62 bits per heavy atom. The molecule has 0 unspecified atom stereocenters. The molecule has 1 N–H and O–H groups in total. The fraction of sp³-hybridized carbons (Fsp3) is 0.533. The molecule has 0 aromatic heterocycles. The summed E-state index contributed by atoms with van der Waals surface area (Å²) in [5.74, 6) is -0.103. The van der Waals surface area contributed by atoms with Gasteiger partial charge in [0.05, 0.1) is 17.4 Å². The monoisotopic (exact) mass is 307 g/mol. The van der Waals surface area contributed by atoms with Gasteiger partial charge in [-0.2, -0.15) is 9.57 Å². The maximum atomic E-state index is 12.7. The molecule has 1 fully saturated rings. The maximum Gasteiger partial charge on any atom is 0.218 e. The molecule has 0 radical (unpaired) electrons. The number of nitrogens with one attached hydrogen (secondary N) is 1. The number of benzene rings is 1. The van der Waals surface area contributed by atoms with Gasteiger partial charge in [0.2, 0.25) is 10.0 Å². The van der Waals surface area contributed by atoms with Crippen LogP contribution in [0, 0.1) is 11.3 Å². The van der Waals surface area contributed by atoms with Crippen LogP contribution in [0.15, 0.2) is 24.3 Å². The van der Waals surface area contributed by atoms with E-state index in [0.717, 1.165) is 25.9 Å². The van der Waals surface area contributed by atoms with Crippen molar-refractivity contribution in [3.63, 3.8) is 0 Å². The first-order chi connectivity index (χ1) is 10.1. The van der Waals surface area contributed by atoms with Gasteiger partial charge in [0.25, 0.3) is 0 Å². The summed E-state index contributed by atoms with van der Waals surface area (Å²) in [7, 11) is -3.40. The third-order valence-electron chi connectivity index (χ3n) is 3.86. The molecule has 0 amide bonds. The topological polar surface area (TPSA) is 73.2 Å². The third-order valence-corrected chi connectivity index (χ3v) is 5.81. The largest absolute Gasteiger partial charge is 0.317 e. The van der Waals surface area contributed by atoms with Crippen molar-refractivity contribution in [1.29, 1.82) is 5.26 Å². The molecule has 1 aromatic carbocycles. The lowest BCUT2D eigenvalue weighted by Gasteiger charge is -2.33. The number of hydrogen-bond acceptors (Lipinski definition) is 4. The predicted molar refractivity (Wildman–Crippen MR) is 82.1 cm³/mol. The molecule has 0 spiro atoms. The first kappa shape index (κ1) is 16.0. The van der Waals surface area contributed by atoms with E-state index in [0.29, 0.717) is 17.7 Å². The summed E-state index contributed by atoms with van der Waals surface area (Å²) in [6.45, 7) is 4.05. The minimum Gasteiger partial charge on any atom is -0.317 e. The molecular formula is C15H21N3O2S. The van der Waals surface area contributed by atoms with Crippen molar-refractivity contribution in [1.82, 2.24) is 9.62 Å². The van der Waals surface area contributed by atoms with Gasteiger partial charge in [-0.05, 0) is 37.6 Å². The van der Waals surface area contributed by atoms with Crippen LogP contribution in [0.1, 0.15) is 30.9 Å². The molecule has 21 heavy (non-hydrogen) atoms. The van der Waals surface area contributed by atoms with Crippen LogP contribution >= 0.6 is 0 Å². The maximum absolute atomic E-state index is 12.7. The molecule has 1 saturated heterocycles. The van der Waals surface area contributed by atoms with Crippen LogP contribution < -0.4 is 5.32 Å². The average Bonchev–Trinajstić information content (AvgIpc) is 2.49. The van der Waals surface area contributed by atoms with Crippen LogP contribution in [0.3, 0.4) is 0 Å². The highest BCUT2D eigenvalue weighted by Crippen LogP contribution is 2.20. The number of nitriles is 1. The molecule has 0 atom stereocenters. The first-order valence-corrected chi connectivity index (χ1v) is 8.87. The molecule has 2 rings (SSSR count). The van der Waals surface area contributed by atoms with Crippen LogP contribution in [0.25, 0.3) is 0 Å². The summed E-state index contributed by atoms with van der Waals surface area (Å²) in [4.78, 5) is 0. The molecule has 5 nitrogen and oxygen atoms in total. The van der Waals surface area contributed by atoms with Crippen LogP contribution in [0.2, 0.25) is 0 Å². The molecule has 6 heteroatoms. The summed E-state index contributed by atoms with van der Waals surface area (Å²) in [5, 5.41) is 12.3. The van der Waals surface area contributed by atoms with Crippen molar-refractivity contribution in [2.24, 2.45) is 0 Å². The van der Waals surface area contributed by atoms with Gasteiger partial charge in [-0.3, -0.25) is 0 Å². The molecule has 1 aromatic rings. The molecule has 0 aliphatic carbocycles. The van der Waals surface area contributed by atoms with Crippen molar-refractivity contribution in [2.75, 3.05) is 19.6 Å². The van der Waals surface area contributed by atoms with Crippen LogP contribution in [-0.2, 0) is 15.8 Å². The number of hydrogen-bond donors (Lipinski definition) is 1. The highest BCUT2D eigenvalue weighted by atomic mass is 32.2. The molecule has 0 saturated carbocycles. The van der Waals surface area contributed by atoms with E-state index >= 15 is 0 Å². The van der Waals surface area contributed by atoms with E-state index in [1.54, 1.807) is 28.6 Å². The zero-order valence-corrected chi connectivity index (χ0v) is 13.1. The normalized spacial score (nSPS) is 16.8. The Morgan fingerprint density at radius 2 is 2.00 bits per heavy atom. The minimum absolute atomic E-state index is 0.0653. The van der Waals surface area contributed by atoms with Crippen molar-refractivity contribution in [3.05, 3.63) is 35.4 Å². The second kappa shape index (κ2) is 7.03. The summed E-state index contributed by atoms with van der Waals surface area (Å²) in [5.41, 5.74) is 1.01. The fourth-order valence-electron chi connectivity index (χ4n) is 2.81. The zero-order valence-electron chi connectivity index (χ0n) is 12.2. The smallest absolute Gasteiger partial charge is 0.218 e. The van der Waals surface area contributed by atoms with Crippen molar-refractivity contribution in [3.8, 4) is 6.07 Å². The van der Waals surface area contributed by atoms with Gasteiger partial charge in [0, 0.05) is 12.6 Å². The third kappa shape index (κ3) is 3.82. The lowest BCUT2D eigenvalue weighted by Crippen LogP contribution is -2.46. The number of rotatable bonds is 5. The van der Waals surface area contributed by atoms with Crippen LogP contribution in [0.4, 0.5) is 0 Å². The molecule has 1 heterocycles. The highest BCUT2D eigenvalue weighted by Gasteiger charge is 2.30. The Bertz CT molecular complexity index is 616. The average molecular weight is 307 g/mol. The number of sulfonamides is 1. The lowest BCUT2D eigenvalue weighted by molar-refractivity contribution is 0.270. The fourth-order valence-corrected chi connectivity index (χ4v) is 4.68. The van der Waals surface area contributed by atoms with Gasteiger partial charge in [-0.1, -0.05) is 25.1 Å². The lowest BCUT2D eigenvalue weighted by atomic mass is 10.1. The molecule has 0 bridgehead atoms. The van der Waals surface area contributed by atoms with Crippen molar-refractivity contribution >= 4 is 10.0 Å². The standard InChI is InChI=1S/C15H21N3O2S/c1-2-18(15-7-9-17-10-8-15)21(19,20)12-14-6-4-3-5-13(14)11-16/h3-6,15,17H,2,7-10,12H2,1H3. The quantitative estimate of drug-likeness (QED) is 0.894. The van der Waals surface area contributed by atoms with Crippen LogP contribution in [0.5, 0.6) is 0 Å². The first-order valence-electron chi connectivity index (χ1n) is 7.26. The van der Waals surface area contributed by atoms with E-state index in [1.165, 1.54) is 0 Å². The van der Waals surface area contributed by atoms with Gasteiger partial charge >= 0.3 is 0 Å². The Labute approximate surface area is 126 Å². The van der Waals surface area contributed by atoms with E-state index in [1.807, 2.05) is 6.92 Å². The van der Waals surface area contributed by atoms with E-state index in [2.05, 4.69) is 11.4 Å². The second-order valence-electron chi connectivity index (χ2n) is 5.21. The number of nitrogens with zero attached hydrogens (tertiary/aromatic N) is 2. The predicted octanol–water partition coefficient (Wildman–Crippen LogP) is 1.46. The van der Waals surface area contributed by atoms with Gasteiger partial charge < -0.3 is 5.32 Å². The van der Waals surface area contributed by atoms with Gasteiger partial charge in [-0.25, -0.2) is 8.42 Å². The van der Waals surface area contributed by atoms with E-state index in [4.69, 9.17) is 5.26 Å². The second-order valence-corrected chi connectivity index (χ2v) is 7.13. The Hall–Kier alpha value is -1.42. The summed E-state index contributed by atoms with van der Waals surface area (Å²) in [6.07, 6.45) is 1.68. The summed E-state index contributed by atoms with van der Waals surface area (Å²) >= 11 is 0. The van der Waals surface area contributed by atoms with Crippen molar-refractivity contribution < 1.29 is 8.42 Å². The van der Waals surface area contributed by atoms with Crippen molar-refractivity contribution in [2.45, 2.75) is 31.6 Å². The van der Waals surface area contributed by atoms with Crippen LogP contribution in [-0.4, -0.2) is 38.4 Å². The Morgan fingerprint density at radius 1 is 1.33 bits per heavy atom. The van der Waals surface area contributed by atoms with Gasteiger partial charge in [0.1, 0.15) is 0 Å². The highest BCUT2D eigenvalue weighted by molar-refractivity contribution is 7.88. The van der Waals surface area contributed by atoms with E-state index in [9.17, 15) is 8.42 Å². The number of piperidine rings is 1. The van der Waals surface area contributed by atoms with E-state index in [-0.39, 0.29) is 11.8 Å².